The summed E-state index contributed by atoms with van der Waals surface area (Å²) in [4.78, 5) is 0. The molecule has 0 aromatic heterocycles. The van der Waals surface area contributed by atoms with Crippen LogP contribution < -0.4 is 10.1 Å². The zero-order valence-corrected chi connectivity index (χ0v) is 11.5. The zero-order valence-electron chi connectivity index (χ0n) is 10.7. The summed E-state index contributed by atoms with van der Waals surface area (Å²) in [5, 5.41) is 3.61. The Morgan fingerprint density at radius 2 is 2.18 bits per heavy atom. The molecule has 0 heterocycles. The molecule has 1 aromatic carbocycles. The van der Waals surface area contributed by atoms with E-state index in [0.29, 0.717) is 6.04 Å². The van der Waals surface area contributed by atoms with E-state index in [9.17, 15) is 0 Å². The van der Waals surface area contributed by atoms with Crippen LogP contribution in [0.25, 0.3) is 0 Å². The lowest BCUT2D eigenvalue weighted by molar-refractivity contribution is 0.411. The van der Waals surface area contributed by atoms with Gasteiger partial charge in [0.1, 0.15) is 5.75 Å². The van der Waals surface area contributed by atoms with Crippen molar-refractivity contribution in [1.82, 2.24) is 5.32 Å². The summed E-state index contributed by atoms with van der Waals surface area (Å²) in [5.74, 6) is 0.981. The fourth-order valence-corrected chi connectivity index (χ4v) is 2.38. The van der Waals surface area contributed by atoms with Gasteiger partial charge in [-0.15, -0.1) is 12.4 Å². The number of rotatable bonds is 4. The molecule has 0 amide bonds. The maximum atomic E-state index is 5.28. The van der Waals surface area contributed by atoms with Crippen molar-refractivity contribution in [2.75, 3.05) is 13.7 Å². The third-order valence-electron chi connectivity index (χ3n) is 3.32. The minimum atomic E-state index is 0. The van der Waals surface area contributed by atoms with Crippen LogP contribution in [0, 0.1) is 0 Å². The molecule has 0 fully saturated rings. The second-order valence-corrected chi connectivity index (χ2v) is 4.53. The summed E-state index contributed by atoms with van der Waals surface area (Å²) in [5.41, 5.74) is 2.95. The molecule has 0 saturated heterocycles. The zero-order chi connectivity index (χ0) is 11.4. The summed E-state index contributed by atoms with van der Waals surface area (Å²) < 4.78 is 5.28. The SMILES string of the molecule is CCCNC1CCc2ccc(OC)cc2C1.Cl. The predicted octanol–water partition coefficient (Wildman–Crippen LogP) is 2.97. The molecule has 1 N–H and O–H groups in total. The molecule has 0 aliphatic heterocycles. The van der Waals surface area contributed by atoms with E-state index in [1.165, 1.54) is 30.4 Å². The van der Waals surface area contributed by atoms with Crippen LogP contribution in [-0.4, -0.2) is 19.7 Å². The van der Waals surface area contributed by atoms with Crippen LogP contribution in [0.1, 0.15) is 30.9 Å². The topological polar surface area (TPSA) is 21.3 Å². The molecule has 1 aliphatic rings. The van der Waals surface area contributed by atoms with E-state index < -0.39 is 0 Å². The van der Waals surface area contributed by atoms with E-state index in [1.54, 1.807) is 7.11 Å². The average molecular weight is 256 g/mol. The summed E-state index contributed by atoms with van der Waals surface area (Å²) in [6.45, 7) is 3.34. The standard InChI is InChI=1S/C14H21NO.ClH/c1-3-8-15-13-6-4-11-5-7-14(16-2)10-12(11)9-13;/h5,7,10,13,15H,3-4,6,8-9H2,1-2H3;1H. The van der Waals surface area contributed by atoms with E-state index in [1.807, 2.05) is 0 Å². The first kappa shape index (κ1) is 14.3. The van der Waals surface area contributed by atoms with Gasteiger partial charge in [0.15, 0.2) is 0 Å². The Bertz CT molecular complexity index is 354. The van der Waals surface area contributed by atoms with Crippen molar-refractivity contribution in [3.8, 4) is 5.75 Å². The van der Waals surface area contributed by atoms with Crippen LogP contribution in [0.3, 0.4) is 0 Å². The number of benzene rings is 1. The number of methoxy groups -OCH3 is 1. The maximum absolute atomic E-state index is 5.28. The molecule has 2 nitrogen and oxygen atoms in total. The van der Waals surface area contributed by atoms with E-state index in [-0.39, 0.29) is 12.4 Å². The molecule has 0 spiro atoms. The first-order valence-corrected chi connectivity index (χ1v) is 6.22. The Kier molecular flexibility index (Phi) is 5.79. The molecule has 1 aliphatic carbocycles. The molecule has 1 aromatic rings. The highest BCUT2D eigenvalue weighted by atomic mass is 35.5. The van der Waals surface area contributed by atoms with Gasteiger partial charge in [0.2, 0.25) is 0 Å². The number of hydrogen-bond donors (Lipinski definition) is 1. The molecule has 0 saturated carbocycles. The summed E-state index contributed by atoms with van der Waals surface area (Å²) in [6, 6.07) is 7.12. The molecule has 0 radical (unpaired) electrons. The van der Waals surface area contributed by atoms with Gasteiger partial charge in [-0.2, -0.15) is 0 Å². The van der Waals surface area contributed by atoms with Crippen molar-refractivity contribution >= 4 is 12.4 Å². The second-order valence-electron chi connectivity index (χ2n) is 4.53. The van der Waals surface area contributed by atoms with Crippen LogP contribution in [-0.2, 0) is 12.8 Å². The van der Waals surface area contributed by atoms with Gasteiger partial charge in [-0.05, 0) is 55.5 Å². The van der Waals surface area contributed by atoms with Crippen LogP contribution >= 0.6 is 12.4 Å². The van der Waals surface area contributed by atoms with E-state index in [0.717, 1.165) is 18.7 Å². The van der Waals surface area contributed by atoms with Crippen LogP contribution in [0.15, 0.2) is 18.2 Å². The number of halogens is 1. The van der Waals surface area contributed by atoms with Gasteiger partial charge in [0.05, 0.1) is 7.11 Å². The van der Waals surface area contributed by atoms with Crippen LogP contribution in [0.2, 0.25) is 0 Å². The van der Waals surface area contributed by atoms with Crippen molar-refractivity contribution < 1.29 is 4.74 Å². The predicted molar refractivity (Wildman–Crippen MR) is 74.3 cm³/mol. The number of fused-ring (bicyclic) bond motifs is 1. The Labute approximate surface area is 110 Å². The minimum absolute atomic E-state index is 0. The summed E-state index contributed by atoms with van der Waals surface area (Å²) in [7, 11) is 1.73. The number of ether oxygens (including phenoxy) is 1. The van der Waals surface area contributed by atoms with Crippen molar-refractivity contribution in [1.29, 1.82) is 0 Å². The fraction of sp³-hybridized carbons (Fsp3) is 0.571. The third kappa shape index (κ3) is 3.62. The first-order valence-electron chi connectivity index (χ1n) is 6.22. The third-order valence-corrected chi connectivity index (χ3v) is 3.32. The van der Waals surface area contributed by atoms with Gasteiger partial charge in [0, 0.05) is 6.04 Å². The van der Waals surface area contributed by atoms with Gasteiger partial charge in [-0.25, -0.2) is 0 Å². The molecule has 96 valence electrons. The van der Waals surface area contributed by atoms with Gasteiger partial charge in [0.25, 0.3) is 0 Å². The molecule has 1 atom stereocenters. The lowest BCUT2D eigenvalue weighted by atomic mass is 9.88. The highest BCUT2D eigenvalue weighted by Gasteiger charge is 2.18. The van der Waals surface area contributed by atoms with Gasteiger partial charge in [-0.1, -0.05) is 13.0 Å². The fourth-order valence-electron chi connectivity index (χ4n) is 2.38. The monoisotopic (exact) mass is 255 g/mol. The summed E-state index contributed by atoms with van der Waals surface area (Å²) in [6.07, 6.45) is 4.81. The Balaban J connectivity index is 0.00000144. The number of aryl methyl sites for hydroxylation is 1. The van der Waals surface area contributed by atoms with Crippen molar-refractivity contribution in [2.45, 2.75) is 38.6 Å². The van der Waals surface area contributed by atoms with E-state index in [4.69, 9.17) is 4.74 Å². The lowest BCUT2D eigenvalue weighted by Gasteiger charge is -2.25. The smallest absolute Gasteiger partial charge is 0.119 e. The molecule has 17 heavy (non-hydrogen) atoms. The Hall–Kier alpha value is -0.730. The number of hydrogen-bond acceptors (Lipinski definition) is 2. The lowest BCUT2D eigenvalue weighted by Crippen LogP contribution is -2.34. The van der Waals surface area contributed by atoms with Crippen molar-refractivity contribution in [3.63, 3.8) is 0 Å². The van der Waals surface area contributed by atoms with Gasteiger partial charge < -0.3 is 10.1 Å². The normalized spacial score (nSPS) is 18.1. The molecule has 2 rings (SSSR count). The molecular formula is C14H22ClNO. The number of nitrogens with one attached hydrogen (secondary N) is 1. The van der Waals surface area contributed by atoms with Crippen molar-refractivity contribution in [2.24, 2.45) is 0 Å². The first-order chi connectivity index (χ1) is 7.83. The van der Waals surface area contributed by atoms with Crippen LogP contribution in [0.5, 0.6) is 5.75 Å². The second kappa shape index (κ2) is 6.87. The summed E-state index contributed by atoms with van der Waals surface area (Å²) >= 11 is 0. The van der Waals surface area contributed by atoms with E-state index >= 15 is 0 Å². The molecular weight excluding hydrogens is 234 g/mol. The van der Waals surface area contributed by atoms with Crippen LogP contribution in [0.4, 0.5) is 0 Å². The largest absolute Gasteiger partial charge is 0.497 e. The molecule has 0 bridgehead atoms. The Morgan fingerprint density at radius 1 is 1.35 bits per heavy atom. The highest BCUT2D eigenvalue weighted by Crippen LogP contribution is 2.25. The highest BCUT2D eigenvalue weighted by molar-refractivity contribution is 5.85. The average Bonchev–Trinajstić information content (AvgIpc) is 2.35. The molecule has 1 unspecified atom stereocenters. The quantitative estimate of drug-likeness (QED) is 0.893. The maximum Gasteiger partial charge on any atom is 0.119 e. The van der Waals surface area contributed by atoms with Crippen molar-refractivity contribution in [3.05, 3.63) is 29.3 Å². The Morgan fingerprint density at radius 3 is 2.88 bits per heavy atom. The van der Waals surface area contributed by atoms with Gasteiger partial charge in [-0.3, -0.25) is 0 Å². The van der Waals surface area contributed by atoms with Gasteiger partial charge >= 0.3 is 0 Å². The van der Waals surface area contributed by atoms with E-state index in [2.05, 4.69) is 30.4 Å². The minimum Gasteiger partial charge on any atom is -0.497 e. The molecule has 3 heteroatoms.